The van der Waals surface area contributed by atoms with E-state index in [1.807, 2.05) is 0 Å². The maximum atomic E-state index is 13.2. The molecule has 1 saturated carbocycles. The molecule has 2 N–H and O–H groups in total. The molecule has 0 saturated heterocycles. The molecule has 5 nitrogen and oxygen atoms in total. The Labute approximate surface area is 171 Å². The molecule has 0 heterocycles. The average molecular weight is 419 g/mol. The van der Waals surface area contributed by atoms with Crippen molar-refractivity contribution in [1.82, 2.24) is 10.0 Å². The third kappa shape index (κ3) is 6.65. The van der Waals surface area contributed by atoms with Crippen LogP contribution in [0.25, 0.3) is 0 Å². The van der Waals surface area contributed by atoms with Gasteiger partial charge >= 0.3 is 0 Å². The van der Waals surface area contributed by atoms with Crippen molar-refractivity contribution >= 4 is 15.9 Å². The number of rotatable bonds is 8. The highest BCUT2D eigenvalue weighted by Crippen LogP contribution is 2.20. The summed E-state index contributed by atoms with van der Waals surface area (Å²) in [6.45, 7) is 0.431. The molecule has 0 aliphatic heterocycles. The van der Waals surface area contributed by atoms with Crippen LogP contribution in [0.1, 0.15) is 43.2 Å². The summed E-state index contributed by atoms with van der Waals surface area (Å²) in [4.78, 5) is 12.2. The molecule has 1 aliphatic rings. The maximum absolute atomic E-state index is 13.2. The molecular formula is C22H27FN2O3S. The quantitative estimate of drug-likeness (QED) is 0.690. The number of hydrogen-bond acceptors (Lipinski definition) is 3. The molecule has 0 unspecified atom stereocenters. The third-order valence-corrected chi connectivity index (χ3v) is 6.69. The first-order valence-electron chi connectivity index (χ1n) is 10.0. The molecule has 3 rings (SSSR count). The first-order valence-corrected chi connectivity index (χ1v) is 11.5. The Morgan fingerprint density at radius 1 is 1.00 bits per heavy atom. The molecule has 0 spiro atoms. The smallest absolute Gasteiger partial charge is 0.240 e. The molecule has 1 fully saturated rings. The highest BCUT2D eigenvalue weighted by molar-refractivity contribution is 7.89. The number of amides is 1. The summed E-state index contributed by atoms with van der Waals surface area (Å²) >= 11 is 0. The predicted molar refractivity (Wildman–Crippen MR) is 110 cm³/mol. The first kappa shape index (κ1) is 21.5. The van der Waals surface area contributed by atoms with Crippen LogP contribution >= 0.6 is 0 Å². The summed E-state index contributed by atoms with van der Waals surface area (Å²) < 4.78 is 41.0. The van der Waals surface area contributed by atoms with E-state index in [4.69, 9.17) is 0 Å². The van der Waals surface area contributed by atoms with Gasteiger partial charge < -0.3 is 5.32 Å². The standard InChI is InChI=1S/C22H27FN2O3S/c23-19-6-4-5-18(15-19)16-22(26)24-14-13-17-9-11-21(12-10-17)29(27,28)25-20-7-2-1-3-8-20/h4-6,9-12,15,20,25H,1-3,7-8,13-14,16H2,(H,24,26). The third-order valence-electron chi connectivity index (χ3n) is 5.15. The van der Waals surface area contributed by atoms with E-state index >= 15 is 0 Å². The van der Waals surface area contributed by atoms with Gasteiger partial charge in [-0.15, -0.1) is 0 Å². The normalized spacial score (nSPS) is 15.2. The Hall–Kier alpha value is -2.25. The van der Waals surface area contributed by atoms with Gasteiger partial charge in [-0.05, 0) is 54.7 Å². The maximum Gasteiger partial charge on any atom is 0.240 e. The lowest BCUT2D eigenvalue weighted by atomic mass is 9.96. The fourth-order valence-corrected chi connectivity index (χ4v) is 4.89. The summed E-state index contributed by atoms with van der Waals surface area (Å²) in [5.41, 5.74) is 1.56. The zero-order chi connectivity index (χ0) is 20.7. The van der Waals surface area contributed by atoms with Gasteiger partial charge in [0.25, 0.3) is 0 Å². The molecule has 29 heavy (non-hydrogen) atoms. The summed E-state index contributed by atoms with van der Waals surface area (Å²) in [6, 6.07) is 12.8. The second kappa shape index (κ2) is 9.98. The van der Waals surface area contributed by atoms with E-state index in [0.29, 0.717) is 18.5 Å². The van der Waals surface area contributed by atoms with Crippen LogP contribution in [0.5, 0.6) is 0 Å². The van der Waals surface area contributed by atoms with Gasteiger partial charge in [0, 0.05) is 12.6 Å². The zero-order valence-electron chi connectivity index (χ0n) is 16.4. The van der Waals surface area contributed by atoms with Gasteiger partial charge in [-0.3, -0.25) is 4.79 Å². The van der Waals surface area contributed by atoms with Gasteiger partial charge in [-0.2, -0.15) is 0 Å². The van der Waals surface area contributed by atoms with Crippen LogP contribution in [0, 0.1) is 5.82 Å². The minimum Gasteiger partial charge on any atom is -0.355 e. The summed E-state index contributed by atoms with van der Waals surface area (Å²) in [5.74, 6) is -0.533. The van der Waals surface area contributed by atoms with Crippen LogP contribution < -0.4 is 10.0 Å². The van der Waals surface area contributed by atoms with Crippen LogP contribution in [0.4, 0.5) is 4.39 Å². The molecule has 156 valence electrons. The predicted octanol–water partition coefficient (Wildman–Crippen LogP) is 3.34. The molecule has 7 heteroatoms. The molecule has 1 amide bonds. The topological polar surface area (TPSA) is 75.3 Å². The molecular weight excluding hydrogens is 391 g/mol. The van der Waals surface area contributed by atoms with E-state index in [9.17, 15) is 17.6 Å². The Morgan fingerprint density at radius 2 is 1.72 bits per heavy atom. The van der Waals surface area contributed by atoms with Gasteiger partial charge in [0.1, 0.15) is 5.82 Å². The summed E-state index contributed by atoms with van der Waals surface area (Å²) in [6.07, 6.45) is 5.81. The molecule has 0 atom stereocenters. The van der Waals surface area contributed by atoms with Crippen molar-refractivity contribution < 1.29 is 17.6 Å². The van der Waals surface area contributed by atoms with E-state index in [2.05, 4.69) is 10.0 Å². The fourth-order valence-electron chi connectivity index (χ4n) is 3.58. The lowest BCUT2D eigenvalue weighted by Crippen LogP contribution is -2.36. The largest absolute Gasteiger partial charge is 0.355 e. The van der Waals surface area contributed by atoms with Crippen molar-refractivity contribution in [3.8, 4) is 0 Å². The minimum atomic E-state index is -3.50. The van der Waals surface area contributed by atoms with Crippen molar-refractivity contribution in [2.24, 2.45) is 0 Å². The monoisotopic (exact) mass is 418 g/mol. The van der Waals surface area contributed by atoms with Crippen molar-refractivity contribution in [3.05, 3.63) is 65.5 Å². The number of benzene rings is 2. The van der Waals surface area contributed by atoms with Crippen LogP contribution in [-0.4, -0.2) is 26.9 Å². The van der Waals surface area contributed by atoms with Crippen LogP contribution in [0.3, 0.4) is 0 Å². The molecule has 0 radical (unpaired) electrons. The van der Waals surface area contributed by atoms with Crippen LogP contribution in [0.15, 0.2) is 53.4 Å². The molecule has 2 aromatic carbocycles. The van der Waals surface area contributed by atoms with Gasteiger partial charge in [-0.25, -0.2) is 17.5 Å². The van der Waals surface area contributed by atoms with Crippen LogP contribution in [0.2, 0.25) is 0 Å². The van der Waals surface area contributed by atoms with Crippen molar-refractivity contribution in [1.29, 1.82) is 0 Å². The van der Waals surface area contributed by atoms with E-state index in [1.54, 1.807) is 36.4 Å². The number of hydrogen-bond donors (Lipinski definition) is 2. The lowest BCUT2D eigenvalue weighted by molar-refractivity contribution is -0.120. The number of halogens is 1. The van der Waals surface area contributed by atoms with E-state index in [1.165, 1.54) is 18.6 Å². The van der Waals surface area contributed by atoms with Gasteiger partial charge in [0.15, 0.2) is 0 Å². The second-order valence-corrected chi connectivity index (χ2v) is 9.22. The fraction of sp³-hybridized carbons (Fsp3) is 0.409. The number of carbonyl (C=O) groups is 1. The van der Waals surface area contributed by atoms with E-state index in [0.717, 1.165) is 31.2 Å². The Bertz CT molecular complexity index is 923. The second-order valence-electron chi connectivity index (χ2n) is 7.51. The molecule has 1 aliphatic carbocycles. The first-order chi connectivity index (χ1) is 13.9. The molecule has 0 aromatic heterocycles. The number of nitrogens with one attached hydrogen (secondary N) is 2. The SMILES string of the molecule is O=C(Cc1cccc(F)c1)NCCc1ccc(S(=O)(=O)NC2CCCCC2)cc1. The Balaban J connectivity index is 1.46. The minimum absolute atomic E-state index is 0.0294. The highest BCUT2D eigenvalue weighted by Gasteiger charge is 2.21. The van der Waals surface area contributed by atoms with Crippen molar-refractivity contribution in [2.45, 2.75) is 55.9 Å². The number of sulfonamides is 1. The summed E-state index contributed by atoms with van der Waals surface area (Å²) in [5, 5.41) is 2.81. The Kier molecular flexibility index (Phi) is 7.39. The van der Waals surface area contributed by atoms with Crippen molar-refractivity contribution in [3.63, 3.8) is 0 Å². The molecule has 2 aromatic rings. The Morgan fingerprint density at radius 3 is 2.41 bits per heavy atom. The number of carbonyl (C=O) groups excluding carboxylic acids is 1. The zero-order valence-corrected chi connectivity index (χ0v) is 17.2. The van der Waals surface area contributed by atoms with Crippen molar-refractivity contribution in [2.75, 3.05) is 6.54 Å². The van der Waals surface area contributed by atoms with E-state index in [-0.39, 0.29) is 29.1 Å². The van der Waals surface area contributed by atoms with Crippen LogP contribution in [-0.2, 0) is 27.7 Å². The van der Waals surface area contributed by atoms with Gasteiger partial charge in [0.2, 0.25) is 15.9 Å². The average Bonchev–Trinajstić information content (AvgIpc) is 2.69. The summed E-state index contributed by atoms with van der Waals surface area (Å²) in [7, 11) is -3.50. The highest BCUT2D eigenvalue weighted by atomic mass is 32.2. The lowest BCUT2D eigenvalue weighted by Gasteiger charge is -2.22. The van der Waals surface area contributed by atoms with E-state index < -0.39 is 10.0 Å². The van der Waals surface area contributed by atoms with Gasteiger partial charge in [-0.1, -0.05) is 43.5 Å². The molecule has 0 bridgehead atoms. The van der Waals surface area contributed by atoms with Gasteiger partial charge in [0.05, 0.1) is 11.3 Å².